The number of aromatic nitrogens is 2. The Kier molecular flexibility index (Phi) is 4.52. The van der Waals surface area contributed by atoms with Gasteiger partial charge in [0.15, 0.2) is 0 Å². The molecule has 4 rings (SSSR count). The van der Waals surface area contributed by atoms with E-state index in [1.54, 1.807) is 6.20 Å². The lowest BCUT2D eigenvalue weighted by Gasteiger charge is -2.47. The smallest absolute Gasteiger partial charge is 0.259 e. The number of aryl methyl sites for hydroxylation is 1. The van der Waals surface area contributed by atoms with E-state index in [0.29, 0.717) is 24.4 Å². The second-order valence-electron chi connectivity index (χ2n) is 6.63. The minimum atomic E-state index is 0.0298. The molecule has 6 nitrogen and oxygen atoms in total. The molecule has 2 aliphatic heterocycles. The predicted octanol–water partition coefficient (Wildman–Crippen LogP) is 2.55. The first-order valence-electron chi connectivity index (χ1n) is 8.57. The van der Waals surface area contributed by atoms with Gasteiger partial charge >= 0.3 is 0 Å². The zero-order valence-electron chi connectivity index (χ0n) is 14.2. The summed E-state index contributed by atoms with van der Waals surface area (Å²) in [6, 6.07) is 5.86. The maximum absolute atomic E-state index is 12.6. The van der Waals surface area contributed by atoms with Crippen LogP contribution in [0.3, 0.4) is 0 Å². The normalized spacial score (nSPS) is 21.5. The molecule has 2 aromatic heterocycles. The summed E-state index contributed by atoms with van der Waals surface area (Å²) in [6.07, 6.45) is 5.21. The minimum absolute atomic E-state index is 0.0298. The summed E-state index contributed by atoms with van der Waals surface area (Å²) in [4.78, 5) is 18.8. The van der Waals surface area contributed by atoms with Gasteiger partial charge in [-0.2, -0.15) is 0 Å². The Balaban J connectivity index is 1.29. The molecule has 7 heteroatoms. The highest BCUT2D eigenvalue weighted by atomic mass is 32.2. The molecule has 0 aliphatic carbocycles. The molecule has 2 fully saturated rings. The number of carbonyl (C=O) groups excluding carboxylic acids is 1. The number of ether oxygens (including phenoxy) is 1. The largest absolute Gasteiger partial charge is 0.371 e. The number of rotatable bonds is 5. The first-order chi connectivity index (χ1) is 12.2. The minimum Gasteiger partial charge on any atom is -0.371 e. The van der Waals surface area contributed by atoms with E-state index in [0.717, 1.165) is 31.0 Å². The van der Waals surface area contributed by atoms with Crippen molar-refractivity contribution in [2.45, 2.75) is 37.2 Å². The summed E-state index contributed by atoms with van der Waals surface area (Å²) >= 11 is 1.92. The molecule has 1 spiro atoms. The molecule has 2 saturated heterocycles. The summed E-state index contributed by atoms with van der Waals surface area (Å²) in [5.41, 5.74) is 1.56. The van der Waals surface area contributed by atoms with Crippen LogP contribution >= 0.6 is 11.8 Å². The maximum atomic E-state index is 12.6. The van der Waals surface area contributed by atoms with Crippen LogP contribution in [0.25, 0.3) is 0 Å². The Morgan fingerprint density at radius 3 is 3.12 bits per heavy atom. The number of hydrogen-bond donors (Lipinski definition) is 0. The van der Waals surface area contributed by atoms with Gasteiger partial charge in [0.2, 0.25) is 0 Å². The molecule has 132 valence electrons. The first kappa shape index (κ1) is 16.6. The van der Waals surface area contributed by atoms with Crippen molar-refractivity contribution in [2.75, 3.05) is 18.8 Å². The molecule has 1 atom stereocenters. The van der Waals surface area contributed by atoms with Crippen molar-refractivity contribution < 1.29 is 14.1 Å². The first-order valence-corrected chi connectivity index (χ1v) is 9.56. The Morgan fingerprint density at radius 1 is 1.48 bits per heavy atom. The van der Waals surface area contributed by atoms with E-state index >= 15 is 0 Å². The monoisotopic (exact) mass is 359 g/mol. The van der Waals surface area contributed by atoms with Crippen LogP contribution in [0.1, 0.15) is 35.2 Å². The van der Waals surface area contributed by atoms with Gasteiger partial charge < -0.3 is 14.2 Å². The Labute approximate surface area is 150 Å². The molecule has 2 aromatic rings. The van der Waals surface area contributed by atoms with Gasteiger partial charge in [0.1, 0.15) is 11.3 Å². The lowest BCUT2D eigenvalue weighted by atomic mass is 9.92. The molecule has 2 aliphatic rings. The molecule has 0 radical (unpaired) electrons. The van der Waals surface area contributed by atoms with E-state index in [2.05, 4.69) is 10.1 Å². The standard InChI is InChI=1S/C18H21N3O3S/c1-2-16-15(8-20-24-16)17(22)21-11-18(12-21)7-14(10-25-18)23-9-13-5-3-4-6-19-13/h3-6,8,14H,2,7,9-12H2,1H3. The van der Waals surface area contributed by atoms with Crippen LogP contribution in [0.4, 0.5) is 0 Å². The van der Waals surface area contributed by atoms with Crippen molar-refractivity contribution in [3.63, 3.8) is 0 Å². The summed E-state index contributed by atoms with van der Waals surface area (Å²) in [7, 11) is 0. The van der Waals surface area contributed by atoms with Gasteiger partial charge in [-0.05, 0) is 18.6 Å². The molecule has 4 heterocycles. The van der Waals surface area contributed by atoms with Crippen LogP contribution in [-0.2, 0) is 17.8 Å². The van der Waals surface area contributed by atoms with Crippen molar-refractivity contribution >= 4 is 17.7 Å². The second-order valence-corrected chi connectivity index (χ2v) is 8.12. The average molecular weight is 359 g/mol. The number of carbonyl (C=O) groups is 1. The third-order valence-electron chi connectivity index (χ3n) is 4.81. The highest BCUT2D eigenvalue weighted by Gasteiger charge is 2.51. The fraction of sp³-hybridized carbons (Fsp3) is 0.500. The number of amides is 1. The molecule has 25 heavy (non-hydrogen) atoms. The zero-order valence-corrected chi connectivity index (χ0v) is 15.0. The van der Waals surface area contributed by atoms with Crippen LogP contribution in [0.15, 0.2) is 35.1 Å². The van der Waals surface area contributed by atoms with Crippen molar-refractivity contribution in [3.8, 4) is 0 Å². The van der Waals surface area contributed by atoms with E-state index in [1.165, 1.54) is 6.20 Å². The quantitative estimate of drug-likeness (QED) is 0.817. The van der Waals surface area contributed by atoms with Crippen LogP contribution in [0.5, 0.6) is 0 Å². The highest BCUT2D eigenvalue weighted by Crippen LogP contribution is 2.46. The van der Waals surface area contributed by atoms with Crippen molar-refractivity contribution in [3.05, 3.63) is 47.6 Å². The second kappa shape index (κ2) is 6.80. The van der Waals surface area contributed by atoms with Crippen LogP contribution in [0, 0.1) is 0 Å². The lowest BCUT2D eigenvalue weighted by molar-refractivity contribution is 0.0244. The third-order valence-corrected chi connectivity index (χ3v) is 6.39. The SMILES string of the molecule is CCc1oncc1C(=O)N1CC2(CC(OCc3ccccn3)CS2)C1. The molecule has 1 unspecified atom stereocenters. The molecule has 1 amide bonds. The number of hydrogen-bond acceptors (Lipinski definition) is 6. The van der Waals surface area contributed by atoms with Crippen LogP contribution in [-0.4, -0.2) is 50.6 Å². The molecular formula is C18H21N3O3S. The van der Waals surface area contributed by atoms with Gasteiger partial charge in [-0.3, -0.25) is 9.78 Å². The average Bonchev–Trinajstić information content (AvgIpc) is 3.26. The molecular weight excluding hydrogens is 338 g/mol. The van der Waals surface area contributed by atoms with Crippen molar-refractivity contribution in [1.82, 2.24) is 15.0 Å². The van der Waals surface area contributed by atoms with Crippen molar-refractivity contribution in [2.24, 2.45) is 0 Å². The predicted molar refractivity (Wildman–Crippen MR) is 94.4 cm³/mol. The van der Waals surface area contributed by atoms with Crippen LogP contribution in [0.2, 0.25) is 0 Å². The van der Waals surface area contributed by atoms with E-state index in [4.69, 9.17) is 9.26 Å². The molecule has 0 aromatic carbocycles. The maximum Gasteiger partial charge on any atom is 0.259 e. The van der Waals surface area contributed by atoms with Gasteiger partial charge in [0.25, 0.3) is 5.91 Å². The fourth-order valence-corrected chi connectivity index (χ4v) is 5.02. The number of likely N-dealkylation sites (tertiary alicyclic amines) is 1. The summed E-state index contributed by atoms with van der Waals surface area (Å²) < 4.78 is 11.3. The summed E-state index contributed by atoms with van der Waals surface area (Å²) in [6.45, 7) is 4.05. The van der Waals surface area contributed by atoms with E-state index in [1.807, 2.05) is 41.8 Å². The Bertz CT molecular complexity index is 743. The Morgan fingerprint density at radius 2 is 2.36 bits per heavy atom. The van der Waals surface area contributed by atoms with Crippen molar-refractivity contribution in [1.29, 1.82) is 0 Å². The van der Waals surface area contributed by atoms with Crippen LogP contribution < -0.4 is 0 Å². The zero-order chi connectivity index (χ0) is 17.3. The lowest BCUT2D eigenvalue weighted by Crippen LogP contribution is -2.60. The number of pyridine rings is 1. The summed E-state index contributed by atoms with van der Waals surface area (Å²) in [5.74, 6) is 1.67. The van der Waals surface area contributed by atoms with E-state index < -0.39 is 0 Å². The van der Waals surface area contributed by atoms with Gasteiger partial charge in [-0.25, -0.2) is 0 Å². The van der Waals surface area contributed by atoms with Gasteiger partial charge in [0, 0.05) is 31.5 Å². The number of thioether (sulfide) groups is 1. The third kappa shape index (κ3) is 3.30. The molecule has 0 N–H and O–H groups in total. The van der Waals surface area contributed by atoms with E-state index in [-0.39, 0.29) is 16.8 Å². The fourth-order valence-electron chi connectivity index (χ4n) is 3.47. The van der Waals surface area contributed by atoms with Gasteiger partial charge in [-0.15, -0.1) is 11.8 Å². The molecule has 0 saturated carbocycles. The van der Waals surface area contributed by atoms with Gasteiger partial charge in [-0.1, -0.05) is 18.1 Å². The topological polar surface area (TPSA) is 68.5 Å². The highest BCUT2D eigenvalue weighted by molar-refractivity contribution is 8.01. The number of nitrogens with zero attached hydrogens (tertiary/aromatic N) is 3. The molecule has 0 bridgehead atoms. The van der Waals surface area contributed by atoms with E-state index in [9.17, 15) is 4.79 Å². The summed E-state index contributed by atoms with van der Waals surface area (Å²) in [5, 5.41) is 3.76. The van der Waals surface area contributed by atoms with Gasteiger partial charge in [0.05, 0.1) is 29.3 Å². The Hall–Kier alpha value is -1.86.